The molecule has 7 nitrogen and oxygen atoms in total. The number of rotatable bonds is 5. The topological polar surface area (TPSA) is 81.6 Å². The summed E-state index contributed by atoms with van der Waals surface area (Å²) in [6.45, 7) is 2.78. The summed E-state index contributed by atoms with van der Waals surface area (Å²) in [6, 6.07) is 11.2. The Hall–Kier alpha value is -2.93. The summed E-state index contributed by atoms with van der Waals surface area (Å²) >= 11 is 0. The Bertz CT molecular complexity index is 878. The minimum absolute atomic E-state index is 0.277. The van der Waals surface area contributed by atoms with E-state index in [0.29, 0.717) is 23.1 Å². The first kappa shape index (κ1) is 17.5. The van der Waals surface area contributed by atoms with E-state index in [4.69, 9.17) is 13.6 Å². The second kappa shape index (κ2) is 7.75. The largest absolute Gasteiger partial charge is 0.465 e. The van der Waals surface area contributed by atoms with Crippen molar-refractivity contribution in [2.24, 2.45) is 0 Å². The molecule has 1 aliphatic rings. The molecule has 1 aliphatic heterocycles. The number of piperidine rings is 1. The van der Waals surface area contributed by atoms with Gasteiger partial charge in [0.05, 0.1) is 18.9 Å². The molecule has 0 saturated carbocycles. The lowest BCUT2D eigenvalue weighted by atomic mass is 9.96. The fourth-order valence-electron chi connectivity index (χ4n) is 3.36. The Morgan fingerprint density at radius 3 is 2.63 bits per heavy atom. The van der Waals surface area contributed by atoms with Crippen LogP contribution in [0, 0.1) is 0 Å². The molecule has 0 spiro atoms. The van der Waals surface area contributed by atoms with Gasteiger partial charge in [-0.05, 0) is 55.8 Å². The first-order valence-corrected chi connectivity index (χ1v) is 9.00. The molecule has 0 amide bonds. The van der Waals surface area contributed by atoms with E-state index in [2.05, 4.69) is 15.1 Å². The number of likely N-dealkylation sites (tertiary alicyclic amines) is 1. The van der Waals surface area contributed by atoms with Gasteiger partial charge in [-0.2, -0.15) is 0 Å². The maximum Gasteiger partial charge on any atom is 0.337 e. The molecule has 4 rings (SSSR count). The van der Waals surface area contributed by atoms with Crippen molar-refractivity contribution in [1.82, 2.24) is 15.1 Å². The normalized spacial score (nSPS) is 15.7. The van der Waals surface area contributed by atoms with Gasteiger partial charge in [0.15, 0.2) is 5.76 Å². The van der Waals surface area contributed by atoms with Crippen LogP contribution in [0.5, 0.6) is 0 Å². The molecule has 0 atom stereocenters. The Morgan fingerprint density at radius 1 is 1.19 bits per heavy atom. The van der Waals surface area contributed by atoms with Crippen molar-refractivity contribution in [3.8, 4) is 11.7 Å². The molecule has 7 heteroatoms. The molecule has 1 saturated heterocycles. The van der Waals surface area contributed by atoms with Gasteiger partial charge in [-0.15, -0.1) is 10.2 Å². The Labute approximate surface area is 156 Å². The summed E-state index contributed by atoms with van der Waals surface area (Å²) < 4.78 is 15.8. The van der Waals surface area contributed by atoms with Crippen LogP contribution in [-0.2, 0) is 11.3 Å². The summed E-state index contributed by atoms with van der Waals surface area (Å²) in [5.41, 5.74) is 1.75. The van der Waals surface area contributed by atoms with Crippen molar-refractivity contribution < 1.29 is 18.4 Å². The summed E-state index contributed by atoms with van der Waals surface area (Å²) in [7, 11) is 1.39. The number of carbonyl (C=O) groups is 1. The molecule has 3 heterocycles. The smallest absolute Gasteiger partial charge is 0.337 e. The van der Waals surface area contributed by atoms with E-state index < -0.39 is 0 Å². The van der Waals surface area contributed by atoms with Crippen LogP contribution in [0.2, 0.25) is 0 Å². The molecule has 27 heavy (non-hydrogen) atoms. The molecule has 0 bridgehead atoms. The zero-order valence-corrected chi connectivity index (χ0v) is 15.1. The van der Waals surface area contributed by atoms with Gasteiger partial charge < -0.3 is 13.6 Å². The van der Waals surface area contributed by atoms with Crippen molar-refractivity contribution in [1.29, 1.82) is 0 Å². The van der Waals surface area contributed by atoms with Crippen LogP contribution in [0.4, 0.5) is 0 Å². The molecular weight excluding hydrogens is 346 g/mol. The van der Waals surface area contributed by atoms with Crippen LogP contribution in [0.3, 0.4) is 0 Å². The van der Waals surface area contributed by atoms with Gasteiger partial charge in [0, 0.05) is 12.5 Å². The highest BCUT2D eigenvalue weighted by Gasteiger charge is 2.25. The highest BCUT2D eigenvalue weighted by molar-refractivity contribution is 5.89. The zero-order chi connectivity index (χ0) is 18.6. The van der Waals surface area contributed by atoms with Crippen LogP contribution in [0.25, 0.3) is 11.7 Å². The average molecular weight is 367 g/mol. The number of carbonyl (C=O) groups excluding carboxylic acids is 1. The predicted molar refractivity (Wildman–Crippen MR) is 97.0 cm³/mol. The highest BCUT2D eigenvalue weighted by atomic mass is 16.5. The fourth-order valence-corrected chi connectivity index (χ4v) is 3.36. The summed E-state index contributed by atoms with van der Waals surface area (Å²) in [5, 5.41) is 8.29. The number of benzene rings is 1. The molecule has 1 aromatic carbocycles. The maximum absolute atomic E-state index is 11.5. The molecule has 3 aromatic rings. The number of hydrogen-bond acceptors (Lipinski definition) is 7. The summed E-state index contributed by atoms with van der Waals surface area (Å²) in [5.74, 6) is 1.68. The maximum atomic E-state index is 11.5. The van der Waals surface area contributed by atoms with Gasteiger partial charge in [0.2, 0.25) is 5.89 Å². The van der Waals surface area contributed by atoms with Crippen LogP contribution in [-0.4, -0.2) is 41.3 Å². The molecular formula is C20H21N3O4. The molecule has 0 aliphatic carbocycles. The molecule has 0 unspecified atom stereocenters. The van der Waals surface area contributed by atoms with Crippen molar-refractivity contribution in [2.45, 2.75) is 25.3 Å². The Morgan fingerprint density at radius 2 is 1.96 bits per heavy atom. The van der Waals surface area contributed by atoms with E-state index >= 15 is 0 Å². The van der Waals surface area contributed by atoms with E-state index in [1.165, 1.54) is 12.7 Å². The third-order valence-corrected chi connectivity index (χ3v) is 4.89. The van der Waals surface area contributed by atoms with E-state index in [1.54, 1.807) is 12.3 Å². The standard InChI is InChI=1S/C20H21N3O4/c1-25-20(24)16-6-4-14(5-7-16)13-23-10-8-15(9-11-23)18-21-22-19(27-18)17-3-2-12-26-17/h2-7,12,15H,8-11,13H2,1H3. The van der Waals surface area contributed by atoms with Crippen LogP contribution >= 0.6 is 0 Å². The van der Waals surface area contributed by atoms with E-state index in [9.17, 15) is 4.79 Å². The van der Waals surface area contributed by atoms with Gasteiger partial charge in [0.1, 0.15) is 0 Å². The number of furan rings is 1. The predicted octanol–water partition coefficient (Wildman–Crippen LogP) is 3.50. The van der Waals surface area contributed by atoms with Crippen molar-refractivity contribution in [3.05, 3.63) is 59.7 Å². The highest BCUT2D eigenvalue weighted by Crippen LogP contribution is 2.30. The molecule has 2 aromatic heterocycles. The zero-order valence-electron chi connectivity index (χ0n) is 15.1. The minimum Gasteiger partial charge on any atom is -0.465 e. The van der Waals surface area contributed by atoms with Crippen molar-refractivity contribution in [2.75, 3.05) is 20.2 Å². The monoisotopic (exact) mass is 367 g/mol. The van der Waals surface area contributed by atoms with E-state index in [-0.39, 0.29) is 11.9 Å². The number of ether oxygens (including phenoxy) is 1. The third kappa shape index (κ3) is 3.93. The van der Waals surface area contributed by atoms with E-state index in [0.717, 1.165) is 32.5 Å². The van der Waals surface area contributed by atoms with Gasteiger partial charge in [-0.25, -0.2) is 4.79 Å². The van der Waals surface area contributed by atoms with Gasteiger partial charge in [-0.1, -0.05) is 12.1 Å². The Kier molecular flexibility index (Phi) is 5.02. The van der Waals surface area contributed by atoms with Crippen LogP contribution in [0.1, 0.15) is 40.6 Å². The van der Waals surface area contributed by atoms with E-state index in [1.807, 2.05) is 30.3 Å². The minimum atomic E-state index is -0.309. The summed E-state index contributed by atoms with van der Waals surface area (Å²) in [6.07, 6.45) is 3.54. The lowest BCUT2D eigenvalue weighted by molar-refractivity contribution is 0.0600. The average Bonchev–Trinajstić information content (AvgIpc) is 3.40. The number of nitrogens with zero attached hydrogens (tertiary/aromatic N) is 3. The molecule has 140 valence electrons. The third-order valence-electron chi connectivity index (χ3n) is 4.89. The molecule has 0 N–H and O–H groups in total. The SMILES string of the molecule is COC(=O)c1ccc(CN2CCC(c3nnc(-c4ccco4)o3)CC2)cc1. The quantitative estimate of drug-likeness (QED) is 0.638. The first-order valence-electron chi connectivity index (χ1n) is 9.00. The van der Waals surface area contributed by atoms with Crippen LogP contribution < -0.4 is 0 Å². The number of hydrogen-bond donors (Lipinski definition) is 0. The second-order valence-electron chi connectivity index (χ2n) is 6.66. The summed E-state index contributed by atoms with van der Waals surface area (Å²) in [4.78, 5) is 13.9. The number of aromatic nitrogens is 2. The van der Waals surface area contributed by atoms with Gasteiger partial charge in [-0.3, -0.25) is 4.90 Å². The fraction of sp³-hybridized carbons (Fsp3) is 0.350. The van der Waals surface area contributed by atoms with Crippen LogP contribution in [0.15, 0.2) is 51.5 Å². The van der Waals surface area contributed by atoms with Gasteiger partial charge in [0.25, 0.3) is 5.89 Å². The first-order chi connectivity index (χ1) is 13.2. The number of esters is 1. The van der Waals surface area contributed by atoms with Crippen molar-refractivity contribution in [3.63, 3.8) is 0 Å². The lowest BCUT2D eigenvalue weighted by Gasteiger charge is -2.30. The van der Waals surface area contributed by atoms with Crippen molar-refractivity contribution >= 4 is 5.97 Å². The molecule has 1 fully saturated rings. The Balaban J connectivity index is 1.32. The second-order valence-corrected chi connectivity index (χ2v) is 6.66. The lowest BCUT2D eigenvalue weighted by Crippen LogP contribution is -2.32. The van der Waals surface area contributed by atoms with Gasteiger partial charge >= 0.3 is 5.97 Å². The number of methoxy groups -OCH3 is 1. The molecule has 0 radical (unpaired) electrons.